The largest absolute Gasteiger partial charge is 0.289 e. The van der Waals surface area contributed by atoms with Gasteiger partial charge in [0.25, 0.3) is 0 Å². The van der Waals surface area contributed by atoms with E-state index in [1.54, 1.807) is 24.5 Å². The van der Waals surface area contributed by atoms with Crippen LogP contribution in [0.2, 0.25) is 0 Å². The predicted molar refractivity (Wildman–Crippen MR) is 66.5 cm³/mol. The molecule has 0 spiro atoms. The summed E-state index contributed by atoms with van der Waals surface area (Å²) in [6, 6.07) is 9.23. The summed E-state index contributed by atoms with van der Waals surface area (Å²) in [5, 5.41) is 0. The molecule has 0 fully saturated rings. The number of halogens is 1. The number of carbonyl (C=O) groups excluding carboxylic acids is 1. The second-order valence-electron chi connectivity index (χ2n) is 3.53. The topological polar surface area (TPSA) is 30.0 Å². The number of carbonyl (C=O) groups is 1. The summed E-state index contributed by atoms with van der Waals surface area (Å²) in [7, 11) is 0. The first-order valence-corrected chi connectivity index (χ1v) is 5.68. The van der Waals surface area contributed by atoms with Crippen LogP contribution in [0.3, 0.4) is 0 Å². The van der Waals surface area contributed by atoms with Crippen LogP contribution in [-0.2, 0) is 0 Å². The highest BCUT2D eigenvalue weighted by atomic mass is 79.9. The third kappa shape index (κ3) is 2.19. The van der Waals surface area contributed by atoms with Gasteiger partial charge in [-0.15, -0.1) is 0 Å². The number of pyridine rings is 1. The Morgan fingerprint density at radius 1 is 1.31 bits per heavy atom. The number of hydrogen-bond acceptors (Lipinski definition) is 2. The Balaban J connectivity index is 2.46. The molecule has 2 nitrogen and oxygen atoms in total. The first-order valence-electron chi connectivity index (χ1n) is 4.89. The number of aryl methyl sites for hydroxylation is 1. The van der Waals surface area contributed by atoms with Crippen molar-refractivity contribution in [1.29, 1.82) is 0 Å². The lowest BCUT2D eigenvalue weighted by atomic mass is 10.0. The smallest absolute Gasteiger partial charge is 0.194 e. The Morgan fingerprint density at radius 3 is 2.81 bits per heavy atom. The molecule has 0 unspecified atom stereocenters. The maximum atomic E-state index is 12.2. The molecule has 0 aliphatic carbocycles. The van der Waals surface area contributed by atoms with E-state index in [-0.39, 0.29) is 5.78 Å². The molecule has 0 N–H and O–H groups in total. The van der Waals surface area contributed by atoms with Crippen LogP contribution in [0.4, 0.5) is 0 Å². The maximum absolute atomic E-state index is 12.2. The van der Waals surface area contributed by atoms with Crippen LogP contribution in [0.1, 0.15) is 21.5 Å². The second kappa shape index (κ2) is 4.58. The fraction of sp³-hybridized carbons (Fsp3) is 0.0769. The molecule has 0 aliphatic rings. The van der Waals surface area contributed by atoms with Gasteiger partial charge < -0.3 is 0 Å². The summed E-state index contributed by atoms with van der Waals surface area (Å²) in [5.74, 6) is 0.00639. The summed E-state index contributed by atoms with van der Waals surface area (Å²) < 4.78 is 0.908. The van der Waals surface area contributed by atoms with E-state index in [0.29, 0.717) is 11.1 Å². The third-order valence-electron chi connectivity index (χ3n) is 2.37. The average Bonchev–Trinajstić information content (AvgIpc) is 2.32. The Morgan fingerprint density at radius 2 is 2.12 bits per heavy atom. The van der Waals surface area contributed by atoms with Crippen molar-refractivity contribution >= 4 is 21.7 Å². The number of benzene rings is 1. The summed E-state index contributed by atoms with van der Waals surface area (Å²) in [6.45, 7) is 1.93. The highest BCUT2D eigenvalue weighted by Gasteiger charge is 2.11. The Hall–Kier alpha value is -1.48. The summed E-state index contributed by atoms with van der Waals surface area (Å²) >= 11 is 3.37. The van der Waals surface area contributed by atoms with Gasteiger partial charge in [0.2, 0.25) is 0 Å². The van der Waals surface area contributed by atoms with E-state index >= 15 is 0 Å². The molecule has 0 bridgehead atoms. The van der Waals surface area contributed by atoms with Crippen LogP contribution in [0.5, 0.6) is 0 Å². The molecular formula is C13H10BrNO. The Bertz CT molecular complexity index is 523. The van der Waals surface area contributed by atoms with Crippen molar-refractivity contribution in [3.05, 3.63) is 63.9 Å². The van der Waals surface area contributed by atoms with E-state index in [0.717, 1.165) is 10.0 Å². The maximum Gasteiger partial charge on any atom is 0.194 e. The molecule has 0 atom stereocenters. The summed E-state index contributed by atoms with van der Waals surface area (Å²) in [6.07, 6.45) is 3.24. The Kier molecular flexibility index (Phi) is 3.15. The molecule has 1 aromatic heterocycles. The van der Waals surface area contributed by atoms with Gasteiger partial charge in [0.05, 0.1) is 0 Å². The zero-order chi connectivity index (χ0) is 11.5. The number of aromatic nitrogens is 1. The van der Waals surface area contributed by atoms with Gasteiger partial charge in [0.1, 0.15) is 0 Å². The molecule has 0 radical (unpaired) electrons. The summed E-state index contributed by atoms with van der Waals surface area (Å²) in [5.41, 5.74) is 2.29. The minimum atomic E-state index is 0.00639. The first kappa shape index (κ1) is 11.0. The summed E-state index contributed by atoms with van der Waals surface area (Å²) in [4.78, 5) is 16.1. The van der Waals surface area contributed by atoms with Crippen LogP contribution >= 0.6 is 15.9 Å². The highest BCUT2D eigenvalue weighted by Crippen LogP contribution is 2.18. The molecule has 0 aliphatic heterocycles. The van der Waals surface area contributed by atoms with E-state index < -0.39 is 0 Å². The first-order chi connectivity index (χ1) is 7.68. The van der Waals surface area contributed by atoms with Crippen LogP contribution in [0, 0.1) is 6.92 Å². The lowest BCUT2D eigenvalue weighted by Gasteiger charge is -2.05. The molecule has 0 saturated heterocycles. The van der Waals surface area contributed by atoms with Gasteiger partial charge in [0.15, 0.2) is 5.78 Å². The SMILES string of the molecule is Cc1ccc(Br)cc1C(=O)c1cccnc1. The van der Waals surface area contributed by atoms with Gasteiger partial charge in [0, 0.05) is 28.0 Å². The molecule has 2 aromatic rings. The van der Waals surface area contributed by atoms with Crippen LogP contribution in [-0.4, -0.2) is 10.8 Å². The van der Waals surface area contributed by atoms with Gasteiger partial charge in [-0.1, -0.05) is 22.0 Å². The van der Waals surface area contributed by atoms with Gasteiger partial charge in [-0.3, -0.25) is 9.78 Å². The molecule has 2 rings (SSSR count). The molecule has 3 heteroatoms. The van der Waals surface area contributed by atoms with E-state index in [1.165, 1.54) is 0 Å². The fourth-order valence-corrected chi connectivity index (χ4v) is 1.85. The van der Waals surface area contributed by atoms with E-state index in [2.05, 4.69) is 20.9 Å². The number of hydrogen-bond donors (Lipinski definition) is 0. The van der Waals surface area contributed by atoms with Crippen molar-refractivity contribution in [2.24, 2.45) is 0 Å². The van der Waals surface area contributed by atoms with E-state index in [9.17, 15) is 4.79 Å². The van der Waals surface area contributed by atoms with Crippen molar-refractivity contribution in [3.63, 3.8) is 0 Å². The molecule has 80 valence electrons. The molecule has 16 heavy (non-hydrogen) atoms. The van der Waals surface area contributed by atoms with Crippen molar-refractivity contribution in [2.75, 3.05) is 0 Å². The Labute approximate surface area is 102 Å². The normalized spacial score (nSPS) is 10.1. The lowest BCUT2D eigenvalue weighted by Crippen LogP contribution is -2.03. The number of rotatable bonds is 2. The average molecular weight is 276 g/mol. The van der Waals surface area contributed by atoms with Crippen molar-refractivity contribution < 1.29 is 4.79 Å². The van der Waals surface area contributed by atoms with Gasteiger partial charge in [-0.2, -0.15) is 0 Å². The second-order valence-corrected chi connectivity index (χ2v) is 4.45. The zero-order valence-corrected chi connectivity index (χ0v) is 10.4. The lowest BCUT2D eigenvalue weighted by molar-refractivity contribution is 0.103. The van der Waals surface area contributed by atoms with Crippen molar-refractivity contribution in [2.45, 2.75) is 6.92 Å². The van der Waals surface area contributed by atoms with Gasteiger partial charge in [-0.25, -0.2) is 0 Å². The zero-order valence-electron chi connectivity index (χ0n) is 8.77. The highest BCUT2D eigenvalue weighted by molar-refractivity contribution is 9.10. The quantitative estimate of drug-likeness (QED) is 0.787. The monoisotopic (exact) mass is 275 g/mol. The van der Waals surface area contributed by atoms with Gasteiger partial charge >= 0.3 is 0 Å². The van der Waals surface area contributed by atoms with Crippen LogP contribution in [0.15, 0.2) is 47.2 Å². The van der Waals surface area contributed by atoms with E-state index in [4.69, 9.17) is 0 Å². The molecular weight excluding hydrogens is 266 g/mol. The standard InChI is InChI=1S/C13H10BrNO/c1-9-4-5-11(14)7-12(9)13(16)10-3-2-6-15-8-10/h2-8H,1H3. The molecule has 1 heterocycles. The van der Waals surface area contributed by atoms with Gasteiger partial charge in [-0.05, 0) is 36.8 Å². The van der Waals surface area contributed by atoms with Crippen molar-refractivity contribution in [3.8, 4) is 0 Å². The molecule has 1 aromatic carbocycles. The van der Waals surface area contributed by atoms with E-state index in [1.807, 2.05) is 25.1 Å². The minimum Gasteiger partial charge on any atom is -0.289 e. The minimum absolute atomic E-state index is 0.00639. The predicted octanol–water partition coefficient (Wildman–Crippen LogP) is 3.38. The number of nitrogens with zero attached hydrogens (tertiary/aromatic N) is 1. The van der Waals surface area contributed by atoms with Crippen LogP contribution in [0.25, 0.3) is 0 Å². The van der Waals surface area contributed by atoms with Crippen LogP contribution < -0.4 is 0 Å². The third-order valence-corrected chi connectivity index (χ3v) is 2.86. The fourth-order valence-electron chi connectivity index (χ4n) is 1.49. The molecule has 0 amide bonds. The van der Waals surface area contributed by atoms with Crippen molar-refractivity contribution in [1.82, 2.24) is 4.98 Å². The number of ketones is 1. The molecule has 0 saturated carbocycles.